The number of carbonyl (C=O) groups is 1. The zero-order valence-corrected chi connectivity index (χ0v) is 15.2. The number of nitrogens with zero attached hydrogens (tertiary/aromatic N) is 1. The first kappa shape index (κ1) is 18.7. The van der Waals surface area contributed by atoms with Crippen LogP contribution in [0.25, 0.3) is 0 Å². The highest BCUT2D eigenvalue weighted by Gasteiger charge is 2.28. The number of rotatable bonds is 10. The highest BCUT2D eigenvalue weighted by molar-refractivity contribution is 5.78. The summed E-state index contributed by atoms with van der Waals surface area (Å²) in [6, 6.07) is 7.95. The molecule has 2 rings (SSSR count). The Labute approximate surface area is 145 Å². The lowest BCUT2D eigenvalue weighted by molar-refractivity contribution is -0.126. The van der Waals surface area contributed by atoms with Crippen molar-refractivity contribution < 1.29 is 9.53 Å². The molecule has 0 saturated carbocycles. The predicted octanol–water partition coefficient (Wildman–Crippen LogP) is 1.88. The molecule has 2 N–H and O–H groups in total. The molecule has 24 heavy (non-hydrogen) atoms. The minimum atomic E-state index is 0.0574. The van der Waals surface area contributed by atoms with Crippen LogP contribution in [0.3, 0.4) is 0 Å². The average Bonchev–Trinajstić information content (AvgIpc) is 2.56. The number of hydrogen-bond donors (Lipinski definition) is 2. The smallest absolute Gasteiger partial charge is 0.223 e. The molecular weight excluding hydrogens is 302 g/mol. The van der Waals surface area contributed by atoms with Crippen LogP contribution in [0, 0.1) is 11.8 Å². The Hall–Kier alpha value is -1.59. The molecule has 0 radical (unpaired) electrons. The van der Waals surface area contributed by atoms with Crippen molar-refractivity contribution in [3.8, 4) is 5.75 Å². The van der Waals surface area contributed by atoms with E-state index in [1.54, 1.807) is 0 Å². The molecule has 5 heteroatoms. The van der Waals surface area contributed by atoms with E-state index in [2.05, 4.69) is 29.4 Å². The van der Waals surface area contributed by atoms with Crippen LogP contribution in [0.5, 0.6) is 5.75 Å². The van der Waals surface area contributed by atoms with Crippen LogP contribution in [0.15, 0.2) is 24.3 Å². The van der Waals surface area contributed by atoms with E-state index in [1.807, 2.05) is 31.2 Å². The van der Waals surface area contributed by atoms with Gasteiger partial charge in [0.15, 0.2) is 0 Å². The van der Waals surface area contributed by atoms with Crippen molar-refractivity contribution in [2.24, 2.45) is 11.8 Å². The minimum Gasteiger partial charge on any atom is -0.492 e. The lowest BCUT2D eigenvalue weighted by Crippen LogP contribution is -2.49. The van der Waals surface area contributed by atoms with Crippen LogP contribution in [-0.4, -0.2) is 50.1 Å². The van der Waals surface area contributed by atoms with Crippen molar-refractivity contribution in [1.82, 2.24) is 15.5 Å². The molecule has 1 unspecified atom stereocenters. The van der Waals surface area contributed by atoms with Crippen LogP contribution < -0.4 is 15.4 Å². The second kappa shape index (κ2) is 9.64. The van der Waals surface area contributed by atoms with Gasteiger partial charge in [0, 0.05) is 24.6 Å². The van der Waals surface area contributed by atoms with Gasteiger partial charge in [0.05, 0.1) is 0 Å². The maximum absolute atomic E-state index is 12.3. The van der Waals surface area contributed by atoms with Gasteiger partial charge in [-0.1, -0.05) is 39.0 Å². The van der Waals surface area contributed by atoms with E-state index in [0.717, 1.165) is 44.0 Å². The van der Waals surface area contributed by atoms with Gasteiger partial charge in [0.25, 0.3) is 0 Å². The minimum absolute atomic E-state index is 0.0574. The Balaban J connectivity index is 1.83. The van der Waals surface area contributed by atoms with E-state index in [9.17, 15) is 4.79 Å². The van der Waals surface area contributed by atoms with Crippen molar-refractivity contribution in [3.63, 3.8) is 0 Å². The molecule has 0 aliphatic carbocycles. The van der Waals surface area contributed by atoms with Gasteiger partial charge >= 0.3 is 0 Å². The van der Waals surface area contributed by atoms with Gasteiger partial charge in [0.1, 0.15) is 12.4 Å². The Bertz CT molecular complexity index is 513. The van der Waals surface area contributed by atoms with Gasteiger partial charge in [0.2, 0.25) is 5.91 Å². The van der Waals surface area contributed by atoms with E-state index in [0.29, 0.717) is 19.1 Å². The molecule has 1 amide bonds. The predicted molar refractivity (Wildman–Crippen MR) is 97.1 cm³/mol. The summed E-state index contributed by atoms with van der Waals surface area (Å²) in [5.74, 6) is 1.51. The third-order valence-corrected chi connectivity index (χ3v) is 4.92. The van der Waals surface area contributed by atoms with Gasteiger partial charge in [-0.15, -0.1) is 0 Å². The fourth-order valence-corrected chi connectivity index (χ4v) is 2.84. The topological polar surface area (TPSA) is 53.6 Å². The van der Waals surface area contributed by atoms with Crippen LogP contribution in [-0.2, 0) is 11.3 Å². The van der Waals surface area contributed by atoms with Crippen molar-refractivity contribution in [1.29, 1.82) is 0 Å². The number of para-hydroxylation sites is 1. The quantitative estimate of drug-likeness (QED) is 0.686. The number of hydrogen-bond acceptors (Lipinski definition) is 4. The van der Waals surface area contributed by atoms with Gasteiger partial charge in [-0.3, -0.25) is 4.79 Å². The van der Waals surface area contributed by atoms with Crippen LogP contribution in [0.1, 0.15) is 26.3 Å². The zero-order chi connectivity index (χ0) is 17.4. The molecule has 1 aliphatic heterocycles. The van der Waals surface area contributed by atoms with Crippen molar-refractivity contribution in [2.45, 2.75) is 27.3 Å². The fourth-order valence-electron chi connectivity index (χ4n) is 2.84. The number of benzene rings is 1. The largest absolute Gasteiger partial charge is 0.492 e. The third kappa shape index (κ3) is 5.21. The number of carbonyl (C=O) groups excluding carboxylic acids is 1. The van der Waals surface area contributed by atoms with Crippen molar-refractivity contribution in [3.05, 3.63) is 29.8 Å². The molecule has 1 aromatic rings. The summed E-state index contributed by atoms with van der Waals surface area (Å²) in [4.78, 5) is 14.6. The second-order valence-electron chi connectivity index (χ2n) is 6.41. The summed E-state index contributed by atoms with van der Waals surface area (Å²) < 4.78 is 5.94. The van der Waals surface area contributed by atoms with Gasteiger partial charge in [-0.25, -0.2) is 0 Å². The molecule has 1 fully saturated rings. The number of ether oxygens (including phenoxy) is 1. The van der Waals surface area contributed by atoms with Gasteiger partial charge in [-0.2, -0.15) is 0 Å². The third-order valence-electron chi connectivity index (χ3n) is 4.92. The molecule has 1 heterocycles. The van der Waals surface area contributed by atoms with Crippen LogP contribution in [0.4, 0.5) is 0 Å². The van der Waals surface area contributed by atoms with E-state index < -0.39 is 0 Å². The molecule has 0 bridgehead atoms. The first-order valence-electron chi connectivity index (χ1n) is 9.07. The summed E-state index contributed by atoms with van der Waals surface area (Å²) in [5.41, 5.74) is 1.03. The monoisotopic (exact) mass is 333 g/mol. The van der Waals surface area contributed by atoms with Gasteiger partial charge in [-0.05, 0) is 38.2 Å². The molecule has 134 valence electrons. The zero-order valence-electron chi connectivity index (χ0n) is 15.2. The maximum atomic E-state index is 12.3. The summed E-state index contributed by atoms with van der Waals surface area (Å²) in [7, 11) is 0. The molecule has 1 aromatic carbocycles. The Kier molecular flexibility index (Phi) is 7.53. The summed E-state index contributed by atoms with van der Waals surface area (Å²) in [5, 5.41) is 6.27. The fraction of sp³-hybridized carbons (Fsp3) is 0.632. The molecule has 0 spiro atoms. The summed E-state index contributed by atoms with van der Waals surface area (Å²) in [6.07, 6.45) is 0. The van der Waals surface area contributed by atoms with Crippen molar-refractivity contribution >= 4 is 5.91 Å². The van der Waals surface area contributed by atoms with E-state index in [-0.39, 0.29) is 11.8 Å². The average molecular weight is 333 g/mol. The van der Waals surface area contributed by atoms with E-state index in [4.69, 9.17) is 4.74 Å². The molecule has 1 aliphatic rings. The molecular formula is C19H31N3O2. The molecule has 1 saturated heterocycles. The lowest BCUT2D eigenvalue weighted by Gasteiger charge is -2.31. The van der Waals surface area contributed by atoms with Gasteiger partial charge < -0.3 is 20.3 Å². The normalized spacial score (nSPS) is 15.8. The highest BCUT2D eigenvalue weighted by atomic mass is 16.5. The Morgan fingerprint density at radius 3 is 2.67 bits per heavy atom. The lowest BCUT2D eigenvalue weighted by atomic mass is 9.88. The molecule has 5 nitrogen and oxygen atoms in total. The number of nitrogens with one attached hydrogen (secondary N) is 2. The molecule has 1 atom stereocenters. The van der Waals surface area contributed by atoms with Crippen LogP contribution in [0.2, 0.25) is 0 Å². The number of likely N-dealkylation sites (N-methyl/N-ethyl adjacent to an activating group) is 1. The summed E-state index contributed by atoms with van der Waals surface area (Å²) >= 11 is 0. The first-order valence-corrected chi connectivity index (χ1v) is 9.07. The highest BCUT2D eigenvalue weighted by Crippen LogP contribution is 2.19. The summed E-state index contributed by atoms with van der Waals surface area (Å²) in [6.45, 7) is 12.4. The van der Waals surface area contributed by atoms with E-state index in [1.165, 1.54) is 0 Å². The molecule has 0 aromatic heterocycles. The van der Waals surface area contributed by atoms with Crippen LogP contribution >= 0.6 is 0 Å². The Morgan fingerprint density at radius 1 is 1.33 bits per heavy atom. The maximum Gasteiger partial charge on any atom is 0.223 e. The standard InChI is InChI=1S/C19H31N3O2/c1-4-22(5-2)10-11-24-18-9-7-6-8-16(18)14-21-19(23)15(3)17-12-20-13-17/h6-9,15,17,20H,4-5,10-14H2,1-3H3,(H,21,23). The Morgan fingerprint density at radius 2 is 2.04 bits per heavy atom. The number of amides is 1. The SMILES string of the molecule is CCN(CC)CCOc1ccccc1CNC(=O)C(C)C1CNC1. The van der Waals surface area contributed by atoms with E-state index >= 15 is 0 Å². The van der Waals surface area contributed by atoms with Crippen molar-refractivity contribution in [2.75, 3.05) is 39.3 Å². The second-order valence-corrected chi connectivity index (χ2v) is 6.41. The first-order chi connectivity index (χ1) is 11.7.